The van der Waals surface area contributed by atoms with Crippen LogP contribution in [0.4, 0.5) is 10.5 Å². The van der Waals surface area contributed by atoms with Crippen molar-refractivity contribution < 1.29 is 24.2 Å². The number of carboxylic acid groups (broad SMARTS) is 1. The Balaban J connectivity index is 0.00000216. The maximum atomic E-state index is 13.9. The third kappa shape index (κ3) is 7.71. The lowest BCUT2D eigenvalue weighted by Gasteiger charge is -2.33. The molecule has 0 saturated heterocycles. The van der Waals surface area contributed by atoms with Crippen LogP contribution in [0.2, 0.25) is 0 Å². The summed E-state index contributed by atoms with van der Waals surface area (Å²) in [5.74, 6) is 1.27. The Morgan fingerprint density at radius 2 is 1.85 bits per heavy atom. The van der Waals surface area contributed by atoms with E-state index in [-0.39, 0.29) is 18.6 Å². The lowest BCUT2D eigenvalue weighted by Crippen LogP contribution is -2.46. The van der Waals surface area contributed by atoms with Gasteiger partial charge in [-0.25, -0.2) is 4.79 Å². The number of hydrogen-bond acceptors (Lipinski definition) is 4. The molecule has 1 N–H and O–H groups in total. The molecule has 0 bridgehead atoms. The zero-order chi connectivity index (χ0) is 29.2. The van der Waals surface area contributed by atoms with Crippen molar-refractivity contribution in [2.75, 3.05) is 25.2 Å². The largest absolute Gasteiger partial charge is 0.493 e. The molecule has 0 atom stereocenters. The van der Waals surface area contributed by atoms with Crippen molar-refractivity contribution in [1.29, 1.82) is 0 Å². The molecular formula is C32H45N3O5. The number of ether oxygens (including phenoxy) is 2. The number of aliphatic carboxylic acids is 1. The second kappa shape index (κ2) is 14.6. The van der Waals surface area contributed by atoms with E-state index in [0.717, 1.165) is 34.5 Å². The van der Waals surface area contributed by atoms with E-state index in [2.05, 4.69) is 0 Å². The molecule has 4 rings (SSSR count). The number of urea groups is 1. The molecule has 0 radical (unpaired) electrons. The summed E-state index contributed by atoms with van der Waals surface area (Å²) in [6, 6.07) is 13.2. The highest BCUT2D eigenvalue weighted by Gasteiger charge is 2.26. The third-order valence-corrected chi connectivity index (χ3v) is 7.14. The summed E-state index contributed by atoms with van der Waals surface area (Å²) in [7, 11) is 1.62. The van der Waals surface area contributed by atoms with Gasteiger partial charge < -0.3 is 24.0 Å². The number of amides is 2. The van der Waals surface area contributed by atoms with Crippen molar-refractivity contribution >= 4 is 28.6 Å². The molecule has 8 nitrogen and oxygen atoms in total. The summed E-state index contributed by atoms with van der Waals surface area (Å²) in [5.41, 5.74) is 2.57. The maximum absolute atomic E-state index is 13.9. The van der Waals surface area contributed by atoms with Crippen LogP contribution < -0.4 is 14.4 Å². The summed E-state index contributed by atoms with van der Waals surface area (Å²) in [4.78, 5) is 28.8. The van der Waals surface area contributed by atoms with E-state index >= 15 is 0 Å². The lowest BCUT2D eigenvalue weighted by molar-refractivity contribution is -0.137. The van der Waals surface area contributed by atoms with E-state index in [1.165, 1.54) is 19.3 Å². The van der Waals surface area contributed by atoms with Crippen LogP contribution >= 0.6 is 0 Å². The average Bonchev–Trinajstić information content (AvgIpc) is 3.69. The molecule has 1 aliphatic rings. The van der Waals surface area contributed by atoms with Crippen LogP contribution in [0.1, 0.15) is 65.9 Å². The lowest BCUT2D eigenvalue weighted by atomic mass is 10.1. The van der Waals surface area contributed by atoms with Gasteiger partial charge in [0.15, 0.2) is 11.5 Å². The van der Waals surface area contributed by atoms with Crippen molar-refractivity contribution in [3.05, 3.63) is 54.2 Å². The molecule has 1 fully saturated rings. The van der Waals surface area contributed by atoms with Crippen LogP contribution in [0.3, 0.4) is 0 Å². The van der Waals surface area contributed by atoms with E-state index < -0.39 is 5.97 Å². The number of aromatic nitrogens is 1. The highest BCUT2D eigenvalue weighted by Crippen LogP contribution is 2.35. The summed E-state index contributed by atoms with van der Waals surface area (Å²) in [6.07, 6.45) is 6.65. The number of rotatable bonds is 13. The van der Waals surface area contributed by atoms with Gasteiger partial charge in [0, 0.05) is 48.0 Å². The molecule has 40 heavy (non-hydrogen) atoms. The van der Waals surface area contributed by atoms with Gasteiger partial charge in [0.1, 0.15) is 6.54 Å². The molecule has 1 heterocycles. The van der Waals surface area contributed by atoms with Crippen LogP contribution in [-0.2, 0) is 17.9 Å². The predicted octanol–water partition coefficient (Wildman–Crippen LogP) is 7.19. The minimum absolute atomic E-state index is 0.0516. The molecule has 0 spiro atoms. The highest BCUT2D eigenvalue weighted by molar-refractivity contribution is 5.93. The van der Waals surface area contributed by atoms with Crippen molar-refractivity contribution in [1.82, 2.24) is 9.47 Å². The molecule has 218 valence electrons. The highest BCUT2D eigenvalue weighted by atomic mass is 16.5. The van der Waals surface area contributed by atoms with E-state index in [1.807, 2.05) is 82.0 Å². The molecule has 1 saturated carbocycles. The van der Waals surface area contributed by atoms with Gasteiger partial charge in [-0.05, 0) is 69.4 Å². The number of carboxylic acids is 1. The first kappa shape index (κ1) is 30.9. The van der Waals surface area contributed by atoms with Crippen molar-refractivity contribution in [3.63, 3.8) is 0 Å². The Kier molecular flexibility index (Phi) is 11.3. The summed E-state index contributed by atoms with van der Waals surface area (Å²) < 4.78 is 13.3. The normalized spacial score (nSPS) is 12.6. The van der Waals surface area contributed by atoms with Gasteiger partial charge in [-0.15, -0.1) is 0 Å². The molecule has 0 unspecified atom stereocenters. The topological polar surface area (TPSA) is 84.2 Å². The molecule has 2 aromatic carbocycles. The van der Waals surface area contributed by atoms with E-state index in [0.29, 0.717) is 31.2 Å². The number of methoxy groups -OCH3 is 1. The van der Waals surface area contributed by atoms with E-state index in [9.17, 15) is 14.7 Å². The molecule has 2 amide bonds. The first-order valence-electron chi connectivity index (χ1n) is 14.5. The summed E-state index contributed by atoms with van der Waals surface area (Å²) in [5, 5.41) is 10.2. The van der Waals surface area contributed by atoms with Gasteiger partial charge in [-0.3, -0.25) is 9.69 Å². The van der Waals surface area contributed by atoms with Gasteiger partial charge >= 0.3 is 12.0 Å². The predicted molar refractivity (Wildman–Crippen MR) is 160 cm³/mol. The fraction of sp³-hybridized carbons (Fsp3) is 0.500. The molecule has 1 aliphatic carbocycles. The first-order chi connectivity index (χ1) is 19.3. The Bertz CT molecular complexity index is 1260. The van der Waals surface area contributed by atoms with Gasteiger partial charge in [-0.1, -0.05) is 38.8 Å². The zero-order valence-corrected chi connectivity index (χ0v) is 24.9. The van der Waals surface area contributed by atoms with Gasteiger partial charge in [-0.2, -0.15) is 0 Å². The first-order valence-corrected chi connectivity index (χ1v) is 14.5. The fourth-order valence-corrected chi connectivity index (χ4v) is 4.85. The Morgan fingerprint density at radius 3 is 2.48 bits per heavy atom. The molecule has 0 aliphatic heterocycles. The minimum atomic E-state index is -0.892. The Hall–Kier alpha value is -3.68. The standard InChI is InChI=1S/C30H39N3O5.C2H6/c1-5-32(24-13-14-27(37-4)28(18-24)38-17-7-8-22-11-12-22)30(36)33(21(2)3)19-23-9-6-10-26-25(23)15-16-31(26)20-29(34)35;1-2/h6,9-10,13-16,18,21-22H,5,7-8,11-12,17,19-20H2,1-4H3,(H,34,35);1-2H3. The van der Waals surface area contributed by atoms with Gasteiger partial charge in [0.2, 0.25) is 0 Å². The number of benzene rings is 2. The monoisotopic (exact) mass is 551 g/mol. The Morgan fingerprint density at radius 1 is 1.10 bits per heavy atom. The number of fused-ring (bicyclic) bond motifs is 1. The average molecular weight is 552 g/mol. The minimum Gasteiger partial charge on any atom is -0.493 e. The second-order valence-electron chi connectivity index (χ2n) is 10.2. The van der Waals surface area contributed by atoms with Crippen LogP contribution in [0, 0.1) is 5.92 Å². The second-order valence-corrected chi connectivity index (χ2v) is 10.2. The molecule has 8 heteroatoms. The molecule has 3 aromatic rings. The van der Waals surface area contributed by atoms with E-state index in [4.69, 9.17) is 9.47 Å². The zero-order valence-electron chi connectivity index (χ0n) is 24.9. The molecular weight excluding hydrogens is 506 g/mol. The quantitative estimate of drug-likeness (QED) is 0.227. The number of carbonyl (C=O) groups excluding carboxylic acids is 1. The van der Waals surface area contributed by atoms with E-state index in [1.54, 1.807) is 22.8 Å². The summed E-state index contributed by atoms with van der Waals surface area (Å²) >= 11 is 0. The van der Waals surface area contributed by atoms with Crippen molar-refractivity contribution in [3.8, 4) is 11.5 Å². The fourth-order valence-electron chi connectivity index (χ4n) is 4.85. The number of anilines is 1. The van der Waals surface area contributed by atoms with Crippen molar-refractivity contribution in [2.24, 2.45) is 5.92 Å². The third-order valence-electron chi connectivity index (χ3n) is 7.14. The van der Waals surface area contributed by atoms with Crippen LogP contribution in [0.15, 0.2) is 48.7 Å². The SMILES string of the molecule is CC.CCN(C(=O)N(Cc1cccc2c1ccn2CC(=O)O)C(C)C)c1ccc(OC)c(OCCCC2CC2)c1. The number of hydrogen-bond donors (Lipinski definition) is 1. The molecule has 1 aromatic heterocycles. The maximum Gasteiger partial charge on any atom is 0.325 e. The number of carbonyl (C=O) groups is 2. The summed E-state index contributed by atoms with van der Waals surface area (Å²) in [6.45, 7) is 11.4. The van der Waals surface area contributed by atoms with Crippen LogP contribution in [-0.4, -0.2) is 52.9 Å². The van der Waals surface area contributed by atoms with Crippen LogP contribution in [0.5, 0.6) is 11.5 Å². The van der Waals surface area contributed by atoms with Gasteiger partial charge in [0.05, 0.1) is 13.7 Å². The van der Waals surface area contributed by atoms with Crippen LogP contribution in [0.25, 0.3) is 10.9 Å². The van der Waals surface area contributed by atoms with Gasteiger partial charge in [0.25, 0.3) is 0 Å². The Labute approximate surface area is 238 Å². The smallest absolute Gasteiger partial charge is 0.325 e. The van der Waals surface area contributed by atoms with Crippen molar-refractivity contribution in [2.45, 2.75) is 79.4 Å². The number of nitrogens with zero attached hydrogens (tertiary/aromatic N) is 3.